The molecule has 8 heteroatoms. The number of thioether (sulfide) groups is 1. The third-order valence-electron chi connectivity index (χ3n) is 2.33. The molecule has 0 aliphatic carbocycles. The summed E-state index contributed by atoms with van der Waals surface area (Å²) in [5.74, 6) is -0.0510. The monoisotopic (exact) mass is 271 g/mol. The Bertz CT molecular complexity index is 504. The van der Waals surface area contributed by atoms with E-state index in [1.165, 1.54) is 23.3 Å². The van der Waals surface area contributed by atoms with E-state index in [0.717, 1.165) is 0 Å². The summed E-state index contributed by atoms with van der Waals surface area (Å²) in [5.41, 5.74) is -0.766. The molecule has 1 aromatic rings. The molecular weight excluding hydrogens is 258 g/mol. The van der Waals surface area contributed by atoms with Gasteiger partial charge in [0.05, 0.1) is 13.2 Å². The number of nitrogens with one attached hydrogen (secondary N) is 1. The number of hydrogen-bond acceptors (Lipinski definition) is 6. The summed E-state index contributed by atoms with van der Waals surface area (Å²) < 4.78 is 6.70. The smallest absolute Gasteiger partial charge is 0.350 e. The molecule has 2 atom stereocenters. The maximum atomic E-state index is 11.8. The van der Waals surface area contributed by atoms with E-state index in [0.29, 0.717) is 6.61 Å². The number of anilines is 1. The molecule has 2 heterocycles. The molecule has 0 saturated carbocycles. The Labute approximate surface area is 107 Å². The highest BCUT2D eigenvalue weighted by Gasteiger charge is 2.27. The summed E-state index contributed by atoms with van der Waals surface area (Å²) in [5, 5.41) is 11.2. The van der Waals surface area contributed by atoms with Crippen molar-refractivity contribution in [2.45, 2.75) is 17.7 Å². The zero-order chi connectivity index (χ0) is 13.1. The molecule has 0 spiro atoms. The van der Waals surface area contributed by atoms with Crippen LogP contribution in [-0.4, -0.2) is 39.2 Å². The molecule has 98 valence electrons. The Morgan fingerprint density at radius 2 is 2.56 bits per heavy atom. The number of ether oxygens (including phenoxy) is 1. The van der Waals surface area contributed by atoms with Gasteiger partial charge in [-0.25, -0.2) is 4.79 Å². The predicted octanol–water partition coefficient (Wildman–Crippen LogP) is -0.218. The van der Waals surface area contributed by atoms with Crippen molar-refractivity contribution in [3.63, 3.8) is 0 Å². The van der Waals surface area contributed by atoms with Gasteiger partial charge in [-0.05, 0) is 6.07 Å². The molecule has 0 unspecified atom stereocenters. The lowest BCUT2D eigenvalue weighted by Gasteiger charge is -2.11. The topological polar surface area (TPSA) is 93.5 Å². The molecule has 7 nitrogen and oxygen atoms in total. The fraction of sp³-hybridized carbons (Fsp3) is 0.500. The Balaban J connectivity index is 2.15. The number of carbonyl (C=O) groups is 1. The lowest BCUT2D eigenvalue weighted by molar-refractivity contribution is -0.114. The van der Waals surface area contributed by atoms with E-state index in [9.17, 15) is 9.59 Å². The van der Waals surface area contributed by atoms with E-state index in [1.54, 1.807) is 12.3 Å². The van der Waals surface area contributed by atoms with Gasteiger partial charge in [0.15, 0.2) is 0 Å². The van der Waals surface area contributed by atoms with Crippen LogP contribution in [0.25, 0.3) is 0 Å². The lowest BCUT2D eigenvalue weighted by Crippen LogP contribution is -2.26. The largest absolute Gasteiger partial charge is 0.393 e. The Kier molecular flexibility index (Phi) is 4.00. The minimum absolute atomic E-state index is 0.0900. The molecule has 1 amide bonds. The molecule has 1 aromatic heterocycles. The van der Waals surface area contributed by atoms with Crippen LogP contribution >= 0.6 is 11.8 Å². The highest BCUT2D eigenvalue weighted by Crippen LogP contribution is 2.34. The van der Waals surface area contributed by atoms with Crippen molar-refractivity contribution in [3.05, 3.63) is 22.7 Å². The van der Waals surface area contributed by atoms with Crippen LogP contribution < -0.4 is 11.0 Å². The summed E-state index contributed by atoms with van der Waals surface area (Å²) in [6, 6.07) is 1.55. The molecular formula is C10H13N3O4S. The van der Waals surface area contributed by atoms with Crippen molar-refractivity contribution in [3.8, 4) is 0 Å². The van der Waals surface area contributed by atoms with Crippen molar-refractivity contribution >= 4 is 23.5 Å². The first-order valence-electron chi connectivity index (χ1n) is 5.35. The lowest BCUT2D eigenvalue weighted by atomic mass is 10.5. The molecule has 0 bridgehead atoms. The van der Waals surface area contributed by atoms with Crippen molar-refractivity contribution in [2.75, 3.05) is 18.5 Å². The first-order valence-corrected chi connectivity index (χ1v) is 6.29. The van der Waals surface area contributed by atoms with E-state index in [2.05, 4.69) is 10.3 Å². The average molecular weight is 271 g/mol. The Morgan fingerprint density at radius 3 is 3.11 bits per heavy atom. The molecule has 2 rings (SSSR count). The van der Waals surface area contributed by atoms with Crippen LogP contribution in [0.4, 0.5) is 5.82 Å². The van der Waals surface area contributed by atoms with Gasteiger partial charge in [0.2, 0.25) is 5.91 Å². The highest BCUT2D eigenvalue weighted by molar-refractivity contribution is 8.00. The number of rotatable bonds is 3. The molecule has 0 radical (unpaired) electrons. The number of amides is 1. The van der Waals surface area contributed by atoms with Crippen LogP contribution in [0.2, 0.25) is 0 Å². The van der Waals surface area contributed by atoms with Gasteiger partial charge in [-0.3, -0.25) is 9.36 Å². The first kappa shape index (κ1) is 13.1. The summed E-state index contributed by atoms with van der Waals surface area (Å²) in [6.07, 6.45) is 1.56. The third-order valence-corrected chi connectivity index (χ3v) is 3.59. The highest BCUT2D eigenvalue weighted by atomic mass is 32.2. The molecule has 0 aromatic carbocycles. The van der Waals surface area contributed by atoms with Gasteiger partial charge in [-0.15, -0.1) is 11.8 Å². The Hall–Kier alpha value is -1.38. The molecule has 1 saturated heterocycles. The zero-order valence-corrected chi connectivity index (χ0v) is 10.5. The van der Waals surface area contributed by atoms with Crippen LogP contribution in [0.3, 0.4) is 0 Å². The molecule has 1 aliphatic rings. The normalized spacial score (nSPS) is 23.0. The van der Waals surface area contributed by atoms with E-state index in [-0.39, 0.29) is 29.1 Å². The van der Waals surface area contributed by atoms with Crippen LogP contribution in [0.15, 0.2) is 17.1 Å². The summed E-state index contributed by atoms with van der Waals surface area (Å²) in [7, 11) is 0. The van der Waals surface area contributed by atoms with E-state index in [4.69, 9.17) is 9.84 Å². The zero-order valence-electron chi connectivity index (χ0n) is 9.70. The van der Waals surface area contributed by atoms with Crippen LogP contribution in [0, 0.1) is 0 Å². The number of aliphatic hydroxyl groups is 1. The van der Waals surface area contributed by atoms with Gasteiger partial charge >= 0.3 is 5.69 Å². The van der Waals surface area contributed by atoms with E-state index in [1.807, 2.05) is 0 Å². The Morgan fingerprint density at radius 1 is 1.78 bits per heavy atom. The van der Waals surface area contributed by atoms with Gasteiger partial charge in [0, 0.05) is 13.1 Å². The van der Waals surface area contributed by atoms with Crippen molar-refractivity contribution in [1.29, 1.82) is 0 Å². The van der Waals surface area contributed by atoms with Gasteiger partial charge in [0.1, 0.15) is 16.6 Å². The van der Waals surface area contributed by atoms with Gasteiger partial charge < -0.3 is 15.2 Å². The number of hydrogen-bond donors (Lipinski definition) is 2. The van der Waals surface area contributed by atoms with Gasteiger partial charge in [-0.2, -0.15) is 4.98 Å². The number of aliphatic hydroxyl groups excluding tert-OH is 1. The first-order chi connectivity index (χ1) is 8.60. The fourth-order valence-corrected chi connectivity index (χ4v) is 2.61. The number of carbonyl (C=O) groups excluding carboxylic acids is 1. The molecule has 18 heavy (non-hydrogen) atoms. The second kappa shape index (κ2) is 5.51. The second-order valence-electron chi connectivity index (χ2n) is 3.72. The van der Waals surface area contributed by atoms with Gasteiger partial charge in [-0.1, -0.05) is 0 Å². The van der Waals surface area contributed by atoms with Crippen molar-refractivity contribution in [2.24, 2.45) is 0 Å². The van der Waals surface area contributed by atoms with Crippen LogP contribution in [0.5, 0.6) is 0 Å². The quantitative estimate of drug-likeness (QED) is 0.789. The average Bonchev–Trinajstić information content (AvgIpc) is 2.76. The van der Waals surface area contributed by atoms with Gasteiger partial charge in [0.25, 0.3) is 0 Å². The standard InChI is InChI=1S/C10H13N3O4S/c1-6(15)11-7-2-3-13(10(16)12-7)8-5-17-9(4-14)18-8/h2-3,8-9,14H,4-5H2,1H3,(H,11,12,15,16)/t8-,9-/m0/s1. The van der Waals surface area contributed by atoms with E-state index < -0.39 is 5.69 Å². The third kappa shape index (κ3) is 2.89. The second-order valence-corrected chi connectivity index (χ2v) is 5.06. The molecule has 2 N–H and O–H groups in total. The van der Waals surface area contributed by atoms with Crippen LogP contribution in [0.1, 0.15) is 12.3 Å². The molecule has 1 fully saturated rings. The predicted molar refractivity (Wildman–Crippen MR) is 66.3 cm³/mol. The summed E-state index contributed by atoms with van der Waals surface area (Å²) in [6.45, 7) is 1.60. The SMILES string of the molecule is CC(=O)Nc1ccn([C@@H]2CO[C@H](CO)S2)c(=O)n1. The van der Waals surface area contributed by atoms with Crippen molar-refractivity contribution in [1.82, 2.24) is 9.55 Å². The molecule has 1 aliphatic heterocycles. The maximum Gasteiger partial charge on any atom is 0.350 e. The minimum Gasteiger partial charge on any atom is -0.393 e. The summed E-state index contributed by atoms with van der Waals surface area (Å²) >= 11 is 1.36. The number of nitrogens with zero attached hydrogens (tertiary/aromatic N) is 2. The van der Waals surface area contributed by atoms with E-state index >= 15 is 0 Å². The minimum atomic E-state index is -0.457. The number of aromatic nitrogens is 2. The fourth-order valence-electron chi connectivity index (χ4n) is 1.57. The van der Waals surface area contributed by atoms with Crippen molar-refractivity contribution < 1.29 is 14.6 Å². The summed E-state index contributed by atoms with van der Waals surface area (Å²) in [4.78, 5) is 26.4. The van der Waals surface area contributed by atoms with Crippen LogP contribution in [-0.2, 0) is 9.53 Å². The maximum absolute atomic E-state index is 11.8.